The maximum absolute atomic E-state index is 10.7. The summed E-state index contributed by atoms with van der Waals surface area (Å²) >= 11 is 22.3. The first kappa shape index (κ1) is 90.4. The van der Waals surface area contributed by atoms with Crippen LogP contribution >= 0.6 is 62.0 Å². The molecule has 6 heterocycles. The van der Waals surface area contributed by atoms with E-state index in [-0.39, 0.29) is 34.1 Å². The molecule has 6 aromatic heterocycles. The zero-order chi connectivity index (χ0) is 79.6. The number of fused-ring (bicyclic) bond motifs is 6. The Kier molecular flexibility index (Phi) is 29.1. The molecule has 0 unspecified atom stereocenters. The average molecular weight is 1720 g/mol. The Labute approximate surface area is 672 Å². The second-order valence-corrected chi connectivity index (χ2v) is 31.2. The van der Waals surface area contributed by atoms with Crippen molar-refractivity contribution in [1.29, 1.82) is 0 Å². The summed E-state index contributed by atoms with van der Waals surface area (Å²) in [7, 11) is -21.3. The fourth-order valence-electron chi connectivity index (χ4n) is 12.3. The van der Waals surface area contributed by atoms with Crippen LogP contribution in [-0.4, -0.2) is 29.9 Å². The number of nitrogens with zero attached hydrogens (tertiary/aromatic N) is 6. The number of benzene rings is 8. The van der Waals surface area contributed by atoms with E-state index in [2.05, 4.69) is 226 Å². The van der Waals surface area contributed by atoms with Crippen molar-refractivity contribution in [2.45, 2.75) is 83.1 Å². The molecule has 8 aromatic carbocycles. The third-order valence-electron chi connectivity index (χ3n) is 16.1. The first-order chi connectivity index (χ1) is 50.1. The summed E-state index contributed by atoms with van der Waals surface area (Å²) in [5, 5.41) is 6.89. The van der Waals surface area contributed by atoms with Gasteiger partial charge in [0.05, 0.1) is 64.9 Å². The van der Waals surface area contributed by atoms with Gasteiger partial charge in [-0.3, -0.25) is 9.97 Å². The minimum Gasteiger partial charge on any atom is 1.00 e. The molecule has 0 atom stereocenters. The van der Waals surface area contributed by atoms with Crippen LogP contribution in [0.15, 0.2) is 219 Å². The molecule has 0 aliphatic heterocycles. The van der Waals surface area contributed by atoms with E-state index in [4.69, 9.17) is 66.3 Å². The predicted octanol–water partition coefficient (Wildman–Crippen LogP) is 30.6. The molecule has 0 aliphatic carbocycles. The van der Waals surface area contributed by atoms with Crippen LogP contribution in [-0.2, 0) is 34.1 Å². The van der Waals surface area contributed by atoms with Crippen molar-refractivity contribution >= 4 is 106 Å². The summed E-state index contributed by atoms with van der Waals surface area (Å²) in [6.45, 7) is 25.9. The summed E-state index contributed by atoms with van der Waals surface area (Å²) in [5.41, 5.74) is 29.9. The van der Waals surface area contributed by atoms with Gasteiger partial charge in [0, 0.05) is 79.7 Å². The Morgan fingerprint density at radius 1 is 0.255 bits per heavy atom. The zero-order valence-electron chi connectivity index (χ0n) is 61.0. The van der Waals surface area contributed by atoms with Crippen molar-refractivity contribution in [2.24, 2.45) is 0 Å². The van der Waals surface area contributed by atoms with Gasteiger partial charge in [-0.2, -0.15) is 0 Å². The SMILES string of the molecule is C(#Cc1ccncc1)c1ccncc1.Cc1cc(C)c(-c2ccc3ccc4ccc(-c5c(C)cc(C)cc5C)nc4c3n2)c(C)c1.Cc1cc(C)c(-c2ccc3ccc4ccc(-c5c(C)cc(C)cc5C)nc4c3n2)c(C)c1.Clc1ccccc1Cl.Clc1ccccc1Cl.F[P-](F)(F)(F)(F)F.F[P-](F)(F)(F)(F)F.[Cu+].[Cu+]. The van der Waals surface area contributed by atoms with Crippen molar-refractivity contribution in [3.8, 4) is 56.9 Å². The molecular weight excluding hydrogens is 1650 g/mol. The summed E-state index contributed by atoms with van der Waals surface area (Å²) in [6, 6.07) is 65.6. The molecule has 0 bridgehead atoms. The predicted molar refractivity (Wildman–Crippen MR) is 427 cm³/mol. The molecule has 6 nitrogen and oxygen atoms in total. The van der Waals surface area contributed by atoms with Gasteiger partial charge in [0.1, 0.15) is 0 Å². The molecule has 0 N–H and O–H groups in total. The van der Waals surface area contributed by atoms with E-state index in [0.717, 1.165) is 77.5 Å². The number of halogens is 16. The molecule has 582 valence electrons. The first-order valence-electron chi connectivity index (χ1n) is 33.1. The van der Waals surface area contributed by atoms with E-state index in [0.29, 0.717) is 20.1 Å². The molecular formula is C84H72Cl4Cu2F12N6P2. The number of hydrogen-bond donors (Lipinski definition) is 0. The van der Waals surface area contributed by atoms with Gasteiger partial charge in [-0.25, -0.2) is 19.9 Å². The molecule has 0 spiro atoms. The molecule has 0 amide bonds. The van der Waals surface area contributed by atoms with E-state index in [9.17, 15) is 50.4 Å². The Morgan fingerprint density at radius 2 is 0.418 bits per heavy atom. The Balaban J connectivity index is 0.000000222. The molecule has 110 heavy (non-hydrogen) atoms. The quantitative estimate of drug-likeness (QED) is 0.0574. The molecule has 0 saturated carbocycles. The summed E-state index contributed by atoms with van der Waals surface area (Å²) in [5.74, 6) is 6.09. The normalized spacial score (nSPS) is 12.1. The van der Waals surface area contributed by atoms with Crippen LogP contribution in [0.3, 0.4) is 0 Å². The van der Waals surface area contributed by atoms with Crippen molar-refractivity contribution in [1.82, 2.24) is 29.9 Å². The number of hydrogen-bond acceptors (Lipinski definition) is 6. The molecule has 0 saturated heterocycles. The van der Waals surface area contributed by atoms with Gasteiger partial charge in [-0.1, -0.05) is 202 Å². The molecule has 14 rings (SSSR count). The fourth-order valence-corrected chi connectivity index (χ4v) is 12.9. The van der Waals surface area contributed by atoms with Crippen LogP contribution in [0.2, 0.25) is 20.1 Å². The second-order valence-electron chi connectivity index (χ2n) is 25.8. The maximum Gasteiger partial charge on any atom is 1.00 e. The molecule has 0 radical (unpaired) electrons. The van der Waals surface area contributed by atoms with Crippen LogP contribution in [0, 0.1) is 94.9 Å². The number of aromatic nitrogens is 6. The van der Waals surface area contributed by atoms with Gasteiger partial charge in [0.2, 0.25) is 0 Å². The molecule has 0 fully saturated rings. The fraction of sp³-hybridized carbons (Fsp3) is 0.143. The molecule has 26 heteroatoms. The van der Waals surface area contributed by atoms with E-state index >= 15 is 0 Å². The van der Waals surface area contributed by atoms with Gasteiger partial charge >= 0.3 is 100 Å². The van der Waals surface area contributed by atoms with Gasteiger partial charge in [0.25, 0.3) is 0 Å². The van der Waals surface area contributed by atoms with Crippen molar-refractivity contribution in [2.75, 3.05) is 0 Å². The van der Waals surface area contributed by atoms with Crippen molar-refractivity contribution in [3.05, 3.63) is 317 Å². The maximum atomic E-state index is 9.87. The number of pyridine rings is 6. The largest absolute Gasteiger partial charge is 1.00 e. The van der Waals surface area contributed by atoms with E-state index in [1.807, 2.05) is 48.5 Å². The van der Waals surface area contributed by atoms with Gasteiger partial charge < -0.3 is 0 Å². The van der Waals surface area contributed by atoms with Crippen LogP contribution in [0.25, 0.3) is 88.6 Å². The standard InChI is InChI=1S/2C30H28N2.C12H8N2.2C6H4Cl2.2Cu.2F6P/c2*1-17-13-19(3)27(20(4)14-17)25-11-9-23-7-8-24-10-12-26(32-30(24)29(23)31-25)28-21(5)15-18(2)16-22(28)6;1(11-3-7-13-8-4-11)2-12-5-9-14-10-6-12;2*7-5-3-1-2-4-6(5)8;;;2*1-7(2,3,4,5)6/h2*7-16H,1-6H3;3-10H;2*1-4H;;;;/q;;;;;2*+1;2*-1. The topological polar surface area (TPSA) is 77.3 Å². The Bertz CT molecular complexity index is 5010. The first-order valence-corrected chi connectivity index (χ1v) is 38.7. The van der Waals surface area contributed by atoms with E-state index in [1.165, 1.54) is 89.0 Å². The number of aryl methyl sites for hydroxylation is 12. The Morgan fingerprint density at radius 3 is 0.582 bits per heavy atom. The molecule has 14 aromatic rings. The van der Waals surface area contributed by atoms with Gasteiger partial charge in [-0.15, -0.1) is 0 Å². The summed E-state index contributed by atoms with van der Waals surface area (Å²) in [4.78, 5) is 28.5. The van der Waals surface area contributed by atoms with Gasteiger partial charge in [-0.05, 0) is 200 Å². The molecule has 0 aliphatic rings. The minimum atomic E-state index is -10.7. The smallest absolute Gasteiger partial charge is 1.00 e. The minimum absolute atomic E-state index is 0. The van der Waals surface area contributed by atoms with E-state index < -0.39 is 15.6 Å². The van der Waals surface area contributed by atoms with Crippen molar-refractivity contribution in [3.63, 3.8) is 0 Å². The van der Waals surface area contributed by atoms with Crippen LogP contribution < -0.4 is 0 Å². The van der Waals surface area contributed by atoms with Crippen LogP contribution in [0.1, 0.15) is 77.9 Å². The average Bonchev–Trinajstić information content (AvgIpc) is 0.767. The number of rotatable bonds is 4. The summed E-state index contributed by atoms with van der Waals surface area (Å²) in [6.07, 6.45) is 6.93. The van der Waals surface area contributed by atoms with Crippen LogP contribution in [0.5, 0.6) is 0 Å². The summed E-state index contributed by atoms with van der Waals surface area (Å²) < 4.78 is 118. The monoisotopic (exact) mass is 1720 g/mol. The van der Waals surface area contributed by atoms with Crippen molar-refractivity contribution < 1.29 is 84.5 Å². The van der Waals surface area contributed by atoms with Crippen LogP contribution in [0.4, 0.5) is 50.4 Å². The van der Waals surface area contributed by atoms with Gasteiger partial charge in [0.15, 0.2) is 0 Å². The van der Waals surface area contributed by atoms with E-state index in [1.54, 1.807) is 49.1 Å². The zero-order valence-corrected chi connectivity index (χ0v) is 67.7. The third kappa shape index (κ3) is 28.3. The third-order valence-corrected chi connectivity index (χ3v) is 17.6. The Hall–Kier alpha value is -8.52. The second kappa shape index (κ2) is 35.5.